The van der Waals surface area contributed by atoms with Crippen molar-refractivity contribution in [1.82, 2.24) is 9.62 Å². The summed E-state index contributed by atoms with van der Waals surface area (Å²) in [6.45, 7) is 6.65. The van der Waals surface area contributed by atoms with Gasteiger partial charge in [-0.1, -0.05) is 24.3 Å². The summed E-state index contributed by atoms with van der Waals surface area (Å²) < 4.78 is 39.5. The number of nitrogens with zero attached hydrogens (tertiary/aromatic N) is 1. The lowest BCUT2D eigenvalue weighted by Gasteiger charge is -2.21. The second-order valence-electron chi connectivity index (χ2n) is 6.45. The third kappa shape index (κ3) is 4.87. The van der Waals surface area contributed by atoms with E-state index in [4.69, 9.17) is 0 Å². The topological polar surface area (TPSA) is 49.4 Å². The quantitative estimate of drug-likeness (QED) is 0.819. The number of hydrogen-bond acceptors (Lipinski definition) is 3. The first-order valence-corrected chi connectivity index (χ1v) is 9.68. The lowest BCUT2D eigenvalue weighted by atomic mass is 10.1. The Morgan fingerprint density at radius 2 is 1.60 bits per heavy atom. The lowest BCUT2D eigenvalue weighted by molar-refractivity contribution is 0.410. The van der Waals surface area contributed by atoms with E-state index in [-0.39, 0.29) is 11.9 Å². The monoisotopic (exact) mass is 364 g/mol. The molecule has 25 heavy (non-hydrogen) atoms. The van der Waals surface area contributed by atoms with E-state index in [1.54, 1.807) is 32.2 Å². The zero-order valence-corrected chi connectivity index (χ0v) is 15.9. The molecule has 2 rings (SSSR count). The largest absolute Gasteiger partial charge is 0.309 e. The molecule has 0 atom stereocenters. The van der Waals surface area contributed by atoms with Crippen molar-refractivity contribution < 1.29 is 12.8 Å². The predicted molar refractivity (Wildman–Crippen MR) is 98.2 cm³/mol. The van der Waals surface area contributed by atoms with Crippen LogP contribution in [0.4, 0.5) is 4.39 Å². The van der Waals surface area contributed by atoms with Crippen LogP contribution in [0.5, 0.6) is 0 Å². The Bertz CT molecular complexity index is 818. The van der Waals surface area contributed by atoms with Crippen LogP contribution in [0.2, 0.25) is 0 Å². The highest BCUT2D eigenvalue weighted by Crippen LogP contribution is 2.17. The first kappa shape index (κ1) is 19.6. The summed E-state index contributed by atoms with van der Waals surface area (Å²) in [5, 5.41) is 3.28. The van der Waals surface area contributed by atoms with Gasteiger partial charge in [0.05, 0.1) is 4.90 Å². The van der Waals surface area contributed by atoms with Crippen molar-refractivity contribution in [3.05, 3.63) is 65.0 Å². The van der Waals surface area contributed by atoms with Crippen LogP contribution in [0.3, 0.4) is 0 Å². The van der Waals surface area contributed by atoms with E-state index in [0.717, 1.165) is 11.1 Å². The van der Waals surface area contributed by atoms with Crippen molar-refractivity contribution in [3.63, 3.8) is 0 Å². The minimum Gasteiger partial charge on any atom is -0.309 e. The summed E-state index contributed by atoms with van der Waals surface area (Å²) in [7, 11) is -1.87. The van der Waals surface area contributed by atoms with Gasteiger partial charge in [0, 0.05) is 26.2 Å². The Balaban J connectivity index is 1.97. The molecule has 1 N–H and O–H groups in total. The molecule has 0 heterocycles. The van der Waals surface area contributed by atoms with E-state index >= 15 is 0 Å². The van der Waals surface area contributed by atoms with Gasteiger partial charge >= 0.3 is 0 Å². The molecular formula is C19H25FN2O2S. The van der Waals surface area contributed by atoms with Crippen LogP contribution < -0.4 is 5.32 Å². The van der Waals surface area contributed by atoms with E-state index < -0.39 is 10.0 Å². The van der Waals surface area contributed by atoms with Crippen LogP contribution in [-0.2, 0) is 23.1 Å². The molecular weight excluding hydrogens is 339 g/mol. The summed E-state index contributed by atoms with van der Waals surface area (Å²) in [6, 6.07) is 11.8. The Kier molecular flexibility index (Phi) is 6.32. The molecule has 6 heteroatoms. The average molecular weight is 364 g/mol. The summed E-state index contributed by atoms with van der Waals surface area (Å²) >= 11 is 0. The zero-order chi connectivity index (χ0) is 18.6. The molecule has 0 unspecified atom stereocenters. The molecule has 2 aromatic carbocycles. The Hall–Kier alpha value is -1.76. The van der Waals surface area contributed by atoms with E-state index in [1.165, 1.54) is 10.4 Å². The Morgan fingerprint density at radius 1 is 1.04 bits per heavy atom. The van der Waals surface area contributed by atoms with E-state index in [1.807, 2.05) is 32.0 Å². The predicted octanol–water partition coefficient (Wildman–Crippen LogP) is 3.45. The minimum absolute atomic E-state index is 0.0921. The molecule has 0 fully saturated rings. The number of sulfonamides is 1. The molecule has 0 spiro atoms. The maximum absolute atomic E-state index is 13.3. The summed E-state index contributed by atoms with van der Waals surface area (Å²) in [5.41, 5.74) is 2.63. The summed E-state index contributed by atoms with van der Waals surface area (Å²) in [6.07, 6.45) is 0. The minimum atomic E-state index is -3.45. The van der Waals surface area contributed by atoms with Crippen LogP contribution in [0.1, 0.15) is 30.5 Å². The first-order valence-electron chi connectivity index (χ1n) is 8.24. The van der Waals surface area contributed by atoms with Crippen LogP contribution in [0.25, 0.3) is 0 Å². The fourth-order valence-electron chi connectivity index (χ4n) is 2.39. The van der Waals surface area contributed by atoms with Crippen LogP contribution in [-0.4, -0.2) is 25.8 Å². The van der Waals surface area contributed by atoms with Gasteiger partial charge < -0.3 is 5.32 Å². The standard InChI is InChI=1S/C19H25FN2O2S/c1-14(2)22(4)25(23,24)18-8-5-16(6-9-18)12-21-13-17-7-10-19(20)15(3)11-17/h5-11,14,21H,12-13H2,1-4H3. The molecule has 0 amide bonds. The van der Waals surface area contributed by atoms with E-state index in [0.29, 0.717) is 23.5 Å². The first-order chi connectivity index (χ1) is 11.7. The van der Waals surface area contributed by atoms with Gasteiger partial charge in [-0.3, -0.25) is 0 Å². The normalized spacial score (nSPS) is 12.1. The number of benzene rings is 2. The second kappa shape index (κ2) is 8.08. The van der Waals surface area contributed by atoms with E-state index in [9.17, 15) is 12.8 Å². The SMILES string of the molecule is Cc1cc(CNCc2ccc(S(=O)(=O)N(C)C(C)C)cc2)ccc1F. The van der Waals surface area contributed by atoms with Gasteiger partial charge in [0.1, 0.15) is 5.82 Å². The molecule has 0 radical (unpaired) electrons. The fraction of sp³-hybridized carbons (Fsp3) is 0.368. The molecule has 4 nitrogen and oxygen atoms in total. The van der Waals surface area contributed by atoms with Gasteiger partial charge in [-0.05, 0) is 55.7 Å². The van der Waals surface area contributed by atoms with Gasteiger partial charge in [0.2, 0.25) is 10.0 Å². The van der Waals surface area contributed by atoms with Crippen LogP contribution in [0, 0.1) is 12.7 Å². The van der Waals surface area contributed by atoms with Crippen LogP contribution in [0.15, 0.2) is 47.4 Å². The number of hydrogen-bond donors (Lipinski definition) is 1. The van der Waals surface area contributed by atoms with Gasteiger partial charge in [-0.25, -0.2) is 12.8 Å². The maximum atomic E-state index is 13.3. The van der Waals surface area contributed by atoms with Crippen molar-refractivity contribution in [2.75, 3.05) is 7.05 Å². The summed E-state index contributed by atoms with van der Waals surface area (Å²) in [5.74, 6) is -0.202. The highest BCUT2D eigenvalue weighted by atomic mass is 32.2. The van der Waals surface area contributed by atoms with Crippen molar-refractivity contribution in [1.29, 1.82) is 0 Å². The lowest BCUT2D eigenvalue weighted by Crippen LogP contribution is -2.33. The van der Waals surface area contributed by atoms with Crippen molar-refractivity contribution in [3.8, 4) is 0 Å². The molecule has 0 saturated heterocycles. The molecule has 0 aliphatic carbocycles. The summed E-state index contributed by atoms with van der Waals surface area (Å²) in [4.78, 5) is 0.293. The number of nitrogens with one attached hydrogen (secondary N) is 1. The van der Waals surface area contributed by atoms with Gasteiger partial charge in [0.15, 0.2) is 0 Å². The molecule has 0 aliphatic heterocycles. The molecule has 136 valence electrons. The van der Waals surface area contributed by atoms with Crippen molar-refractivity contribution in [2.45, 2.75) is 44.8 Å². The van der Waals surface area contributed by atoms with Crippen LogP contribution >= 0.6 is 0 Å². The molecule has 0 aromatic heterocycles. The fourth-order valence-corrected chi connectivity index (χ4v) is 3.76. The molecule has 2 aromatic rings. The molecule has 0 saturated carbocycles. The Labute approximate surface area is 149 Å². The smallest absolute Gasteiger partial charge is 0.243 e. The molecule has 0 bridgehead atoms. The van der Waals surface area contributed by atoms with Gasteiger partial charge in [-0.2, -0.15) is 4.31 Å². The third-order valence-electron chi connectivity index (χ3n) is 4.21. The molecule has 0 aliphatic rings. The number of rotatable bonds is 7. The van der Waals surface area contributed by atoms with Gasteiger partial charge in [-0.15, -0.1) is 0 Å². The highest BCUT2D eigenvalue weighted by Gasteiger charge is 2.22. The van der Waals surface area contributed by atoms with E-state index in [2.05, 4.69) is 5.32 Å². The Morgan fingerprint density at radius 3 is 2.16 bits per heavy atom. The number of aryl methyl sites for hydroxylation is 1. The average Bonchev–Trinajstić information content (AvgIpc) is 2.57. The number of halogens is 1. The highest BCUT2D eigenvalue weighted by molar-refractivity contribution is 7.89. The third-order valence-corrected chi connectivity index (χ3v) is 6.26. The maximum Gasteiger partial charge on any atom is 0.243 e. The van der Waals surface area contributed by atoms with Crippen molar-refractivity contribution >= 4 is 10.0 Å². The second-order valence-corrected chi connectivity index (χ2v) is 8.44. The van der Waals surface area contributed by atoms with Crippen molar-refractivity contribution in [2.24, 2.45) is 0 Å². The zero-order valence-electron chi connectivity index (χ0n) is 15.1. The van der Waals surface area contributed by atoms with Gasteiger partial charge in [0.25, 0.3) is 0 Å².